The van der Waals surface area contributed by atoms with Crippen molar-refractivity contribution < 1.29 is 9.90 Å². The summed E-state index contributed by atoms with van der Waals surface area (Å²) in [5, 5.41) is 9.41. The third-order valence-electron chi connectivity index (χ3n) is 4.03. The first-order chi connectivity index (χ1) is 10.2. The number of benzene rings is 1. The number of hydrogen-bond donors (Lipinski definition) is 2. The minimum atomic E-state index is -0.761. The predicted octanol–water partition coefficient (Wildman–Crippen LogP) is 1.85. The normalized spacial score (nSPS) is 18.4. The summed E-state index contributed by atoms with van der Waals surface area (Å²) < 4.78 is 0. The number of aromatic amines is 1. The molecule has 3 rings (SSSR count). The van der Waals surface area contributed by atoms with Gasteiger partial charge in [-0.25, -0.2) is 4.98 Å². The fourth-order valence-corrected chi connectivity index (χ4v) is 2.90. The molecule has 1 aliphatic rings. The van der Waals surface area contributed by atoms with Crippen LogP contribution in [0.15, 0.2) is 36.7 Å². The smallest absolute Gasteiger partial charge is 0.321 e. The molecular weight excluding hydrogens is 266 g/mol. The molecule has 0 amide bonds. The largest absolute Gasteiger partial charge is 0.480 e. The fourth-order valence-electron chi connectivity index (χ4n) is 2.90. The van der Waals surface area contributed by atoms with Crippen LogP contribution in [-0.4, -0.2) is 38.5 Å². The van der Waals surface area contributed by atoms with Gasteiger partial charge in [0, 0.05) is 13.0 Å². The summed E-state index contributed by atoms with van der Waals surface area (Å²) >= 11 is 0. The van der Waals surface area contributed by atoms with E-state index in [0.717, 1.165) is 30.8 Å². The van der Waals surface area contributed by atoms with Crippen LogP contribution < -0.4 is 0 Å². The van der Waals surface area contributed by atoms with Gasteiger partial charge in [0.15, 0.2) is 0 Å². The highest BCUT2D eigenvalue weighted by molar-refractivity contribution is 5.74. The Kier molecular flexibility index (Phi) is 4.01. The van der Waals surface area contributed by atoms with Gasteiger partial charge in [-0.05, 0) is 24.9 Å². The number of aliphatic carboxylic acids is 1. The summed E-state index contributed by atoms with van der Waals surface area (Å²) in [5.74, 6) is -0.761. The van der Waals surface area contributed by atoms with Crippen molar-refractivity contribution in [1.82, 2.24) is 14.9 Å². The van der Waals surface area contributed by atoms with Gasteiger partial charge in [0.2, 0.25) is 0 Å². The number of carboxylic acids is 1. The van der Waals surface area contributed by atoms with E-state index < -0.39 is 12.0 Å². The Morgan fingerprint density at radius 1 is 1.38 bits per heavy atom. The highest BCUT2D eigenvalue weighted by atomic mass is 16.4. The number of carbonyl (C=O) groups is 1. The summed E-state index contributed by atoms with van der Waals surface area (Å²) in [4.78, 5) is 20.8. The van der Waals surface area contributed by atoms with Crippen molar-refractivity contribution in [3.8, 4) is 0 Å². The van der Waals surface area contributed by atoms with Crippen LogP contribution in [0.4, 0.5) is 0 Å². The summed E-state index contributed by atoms with van der Waals surface area (Å²) in [6.07, 6.45) is 4.06. The lowest BCUT2D eigenvalue weighted by Gasteiger charge is -2.32. The Labute approximate surface area is 123 Å². The molecule has 0 saturated carbocycles. The van der Waals surface area contributed by atoms with Crippen LogP contribution in [0.5, 0.6) is 0 Å². The molecule has 1 aliphatic heterocycles. The second-order valence-electron chi connectivity index (χ2n) is 5.45. The average Bonchev–Trinajstić information content (AvgIpc) is 2.94. The number of hydrogen-bond acceptors (Lipinski definition) is 3. The number of nitrogens with one attached hydrogen (secondary N) is 1. The highest BCUT2D eigenvalue weighted by Gasteiger charge is 2.32. The molecule has 5 nitrogen and oxygen atoms in total. The van der Waals surface area contributed by atoms with Crippen LogP contribution >= 0.6 is 0 Å². The lowest BCUT2D eigenvalue weighted by molar-refractivity contribution is -0.144. The standard InChI is InChI=1S/C16H19N3O2/c20-16(21)15-9-13-14(18-11-17-13)10-19(15)8-4-7-12-5-2-1-3-6-12/h1-3,5-6,11,15H,4,7-10H2,(H,17,18)(H,20,21). The maximum atomic E-state index is 11.4. The number of imidazole rings is 1. The molecule has 1 atom stereocenters. The van der Waals surface area contributed by atoms with Crippen molar-refractivity contribution in [2.24, 2.45) is 0 Å². The van der Waals surface area contributed by atoms with Crippen LogP contribution in [0.2, 0.25) is 0 Å². The second kappa shape index (κ2) is 6.10. The lowest BCUT2D eigenvalue weighted by atomic mass is 10.0. The zero-order valence-electron chi connectivity index (χ0n) is 11.8. The van der Waals surface area contributed by atoms with E-state index >= 15 is 0 Å². The summed E-state index contributed by atoms with van der Waals surface area (Å²) in [5.41, 5.74) is 3.23. The quantitative estimate of drug-likeness (QED) is 0.879. The van der Waals surface area contributed by atoms with Crippen molar-refractivity contribution in [2.75, 3.05) is 6.54 Å². The zero-order chi connectivity index (χ0) is 14.7. The SMILES string of the molecule is O=C(O)C1Cc2nc[nH]c2CN1CCCc1ccccc1. The highest BCUT2D eigenvalue weighted by Crippen LogP contribution is 2.21. The van der Waals surface area contributed by atoms with Crippen LogP contribution in [0, 0.1) is 0 Å². The van der Waals surface area contributed by atoms with E-state index in [2.05, 4.69) is 22.1 Å². The average molecular weight is 285 g/mol. The third-order valence-corrected chi connectivity index (χ3v) is 4.03. The van der Waals surface area contributed by atoms with E-state index in [4.69, 9.17) is 0 Å². The molecule has 2 aromatic rings. The number of aryl methyl sites for hydroxylation is 1. The molecule has 0 radical (unpaired) electrons. The molecule has 2 N–H and O–H groups in total. The summed E-state index contributed by atoms with van der Waals surface area (Å²) in [7, 11) is 0. The molecule has 5 heteroatoms. The second-order valence-corrected chi connectivity index (χ2v) is 5.45. The summed E-state index contributed by atoms with van der Waals surface area (Å²) in [6, 6.07) is 9.83. The first-order valence-corrected chi connectivity index (χ1v) is 7.26. The fraction of sp³-hybridized carbons (Fsp3) is 0.375. The van der Waals surface area contributed by atoms with Gasteiger partial charge in [-0.1, -0.05) is 30.3 Å². The van der Waals surface area contributed by atoms with Crippen molar-refractivity contribution in [2.45, 2.75) is 31.8 Å². The van der Waals surface area contributed by atoms with Crippen molar-refractivity contribution in [3.05, 3.63) is 53.6 Å². The topological polar surface area (TPSA) is 69.2 Å². The monoisotopic (exact) mass is 285 g/mol. The molecule has 0 saturated heterocycles. The van der Waals surface area contributed by atoms with Crippen LogP contribution in [0.25, 0.3) is 0 Å². The third kappa shape index (κ3) is 3.13. The minimum absolute atomic E-state index is 0.462. The van der Waals surface area contributed by atoms with E-state index in [0.29, 0.717) is 13.0 Å². The van der Waals surface area contributed by atoms with E-state index in [1.807, 2.05) is 23.1 Å². The van der Waals surface area contributed by atoms with Crippen molar-refractivity contribution >= 4 is 5.97 Å². The Balaban J connectivity index is 1.62. The predicted molar refractivity (Wildman–Crippen MR) is 78.9 cm³/mol. The Hall–Kier alpha value is -2.14. The maximum absolute atomic E-state index is 11.4. The molecule has 0 aliphatic carbocycles. The van der Waals surface area contributed by atoms with Crippen LogP contribution in [-0.2, 0) is 24.2 Å². The van der Waals surface area contributed by atoms with E-state index in [1.165, 1.54) is 5.56 Å². The zero-order valence-corrected chi connectivity index (χ0v) is 11.8. The molecule has 1 unspecified atom stereocenters. The van der Waals surface area contributed by atoms with Crippen LogP contribution in [0.1, 0.15) is 23.4 Å². The minimum Gasteiger partial charge on any atom is -0.480 e. The van der Waals surface area contributed by atoms with E-state index in [-0.39, 0.29) is 0 Å². The van der Waals surface area contributed by atoms with Gasteiger partial charge in [0.25, 0.3) is 0 Å². The lowest BCUT2D eigenvalue weighted by Crippen LogP contribution is -2.46. The number of nitrogens with zero attached hydrogens (tertiary/aromatic N) is 2. The van der Waals surface area contributed by atoms with Crippen molar-refractivity contribution in [1.29, 1.82) is 0 Å². The molecular formula is C16H19N3O2. The number of carboxylic acid groups (broad SMARTS) is 1. The molecule has 110 valence electrons. The Morgan fingerprint density at radius 3 is 2.95 bits per heavy atom. The van der Waals surface area contributed by atoms with E-state index in [9.17, 15) is 9.90 Å². The molecule has 21 heavy (non-hydrogen) atoms. The number of fused-ring (bicyclic) bond motifs is 1. The van der Waals surface area contributed by atoms with Crippen molar-refractivity contribution in [3.63, 3.8) is 0 Å². The van der Waals surface area contributed by atoms with Gasteiger partial charge >= 0.3 is 5.97 Å². The van der Waals surface area contributed by atoms with Gasteiger partial charge in [-0.3, -0.25) is 9.69 Å². The van der Waals surface area contributed by atoms with Crippen LogP contribution in [0.3, 0.4) is 0 Å². The van der Waals surface area contributed by atoms with Gasteiger partial charge < -0.3 is 10.1 Å². The first-order valence-electron chi connectivity index (χ1n) is 7.26. The van der Waals surface area contributed by atoms with E-state index in [1.54, 1.807) is 6.33 Å². The van der Waals surface area contributed by atoms with Gasteiger partial charge in [-0.2, -0.15) is 0 Å². The molecule has 1 aromatic heterocycles. The maximum Gasteiger partial charge on any atom is 0.321 e. The number of H-pyrrole nitrogens is 1. The molecule has 1 aromatic carbocycles. The van der Waals surface area contributed by atoms with Gasteiger partial charge in [0.05, 0.1) is 17.7 Å². The molecule has 0 bridgehead atoms. The number of aromatic nitrogens is 2. The first kappa shape index (κ1) is 13.8. The van der Waals surface area contributed by atoms with Gasteiger partial charge in [-0.15, -0.1) is 0 Å². The molecule has 0 spiro atoms. The number of rotatable bonds is 5. The summed E-state index contributed by atoms with van der Waals surface area (Å²) in [6.45, 7) is 1.42. The Morgan fingerprint density at radius 2 is 2.19 bits per heavy atom. The molecule has 2 heterocycles. The Bertz CT molecular complexity index is 609. The molecule has 0 fully saturated rings. The van der Waals surface area contributed by atoms with Gasteiger partial charge in [0.1, 0.15) is 6.04 Å².